The first-order chi connectivity index (χ1) is 9.43. The van der Waals surface area contributed by atoms with Gasteiger partial charge in [0.25, 0.3) is 0 Å². The van der Waals surface area contributed by atoms with E-state index in [4.69, 9.17) is 38.4 Å². The lowest BCUT2D eigenvalue weighted by atomic mass is 10.1. The number of hydrogen-bond donors (Lipinski definition) is 5. The van der Waals surface area contributed by atoms with Crippen LogP contribution in [0.4, 0.5) is 11.4 Å². The lowest BCUT2D eigenvalue weighted by molar-refractivity contribution is 0.300. The van der Waals surface area contributed by atoms with Gasteiger partial charge in [-0.2, -0.15) is 0 Å². The molecule has 7 N–H and O–H groups in total. The monoisotopic (exact) mass is 296 g/mol. The highest BCUT2D eigenvalue weighted by atomic mass is 35.5. The van der Waals surface area contributed by atoms with Gasteiger partial charge in [-0.25, -0.2) is 0 Å². The average molecular weight is 297 g/mol. The average Bonchev–Trinajstić information content (AvgIpc) is 2.40. The number of nitrogens with two attached hydrogens (primary N) is 2. The molecule has 0 unspecified atom stereocenters. The molecule has 0 aliphatic rings. The summed E-state index contributed by atoms with van der Waals surface area (Å²) in [5.41, 5.74) is 13.4. The molecule has 2 aromatic carbocycles. The molecule has 0 amide bonds. The van der Waals surface area contributed by atoms with E-state index < -0.39 is 0 Å². The molecule has 0 heterocycles. The fourth-order valence-electron chi connectivity index (χ4n) is 1.46. The van der Waals surface area contributed by atoms with Gasteiger partial charge in [0.05, 0.1) is 5.02 Å². The van der Waals surface area contributed by atoms with Crippen LogP contribution in [0.2, 0.25) is 5.02 Å². The molecule has 0 spiro atoms. The van der Waals surface area contributed by atoms with Crippen molar-refractivity contribution in [2.45, 2.75) is 6.42 Å². The largest absolute Gasteiger partial charge is 0.508 e. The van der Waals surface area contributed by atoms with Crippen molar-refractivity contribution in [3.63, 3.8) is 0 Å². The Labute approximate surface area is 122 Å². The normalized spacial score (nSPS) is 9.70. The van der Waals surface area contributed by atoms with Gasteiger partial charge in [0.15, 0.2) is 0 Å². The highest BCUT2D eigenvalue weighted by Crippen LogP contribution is 2.26. The number of rotatable bonds is 2. The van der Waals surface area contributed by atoms with Crippen molar-refractivity contribution < 1.29 is 15.3 Å². The third-order valence-corrected chi connectivity index (χ3v) is 2.80. The van der Waals surface area contributed by atoms with E-state index in [9.17, 15) is 0 Å². The Morgan fingerprint density at radius 1 is 1.00 bits per heavy atom. The first kappa shape index (κ1) is 15.9. The zero-order valence-corrected chi connectivity index (χ0v) is 11.5. The van der Waals surface area contributed by atoms with Gasteiger partial charge in [0.2, 0.25) is 0 Å². The van der Waals surface area contributed by atoms with Crippen LogP contribution in [0.3, 0.4) is 0 Å². The lowest BCUT2D eigenvalue weighted by Crippen LogP contribution is -1.98. The number of nitrogen functional groups attached to an aromatic ring is 2. The molecule has 0 fully saturated rings. The number of benzene rings is 2. The summed E-state index contributed by atoms with van der Waals surface area (Å²) < 4.78 is 0. The zero-order valence-electron chi connectivity index (χ0n) is 10.8. The molecule has 0 saturated heterocycles. The van der Waals surface area contributed by atoms with Crippen LogP contribution in [-0.4, -0.2) is 21.9 Å². The van der Waals surface area contributed by atoms with Crippen molar-refractivity contribution in [3.05, 3.63) is 47.0 Å². The van der Waals surface area contributed by atoms with Crippen LogP contribution in [0.15, 0.2) is 36.4 Å². The number of aromatic hydroxyl groups is 2. The smallest absolute Gasteiger partial charge is 0.137 e. The standard InChI is InChI=1S/C8H12N2O.C6H5ClO2/c9-7-1-2-8(10)6(5-7)3-4-11;7-5-2-1-4(8)3-6(5)9/h1-2,5,11H,3-4,9-10H2;1-3,8-9H. The van der Waals surface area contributed by atoms with Crippen LogP contribution in [0.25, 0.3) is 0 Å². The Hall–Kier alpha value is -2.11. The van der Waals surface area contributed by atoms with Gasteiger partial charge >= 0.3 is 0 Å². The van der Waals surface area contributed by atoms with Crippen molar-refractivity contribution in [1.82, 2.24) is 0 Å². The molecular weight excluding hydrogens is 280 g/mol. The number of phenolic OH excluding ortho intramolecular Hbond substituents is 2. The predicted octanol–water partition coefficient (Wildman–Crippen LogP) is 2.14. The molecule has 0 atom stereocenters. The van der Waals surface area contributed by atoms with E-state index in [-0.39, 0.29) is 23.1 Å². The first-order valence-electron chi connectivity index (χ1n) is 5.86. The first-order valence-corrected chi connectivity index (χ1v) is 6.24. The number of phenols is 2. The van der Waals surface area contributed by atoms with Crippen molar-refractivity contribution in [3.8, 4) is 11.5 Å². The second-order valence-corrected chi connectivity index (χ2v) is 4.47. The number of halogens is 1. The molecule has 5 nitrogen and oxygen atoms in total. The van der Waals surface area contributed by atoms with E-state index in [2.05, 4.69) is 0 Å². The summed E-state index contributed by atoms with van der Waals surface area (Å²) in [4.78, 5) is 0. The summed E-state index contributed by atoms with van der Waals surface area (Å²) >= 11 is 5.42. The van der Waals surface area contributed by atoms with Gasteiger partial charge < -0.3 is 26.8 Å². The third kappa shape index (κ3) is 4.87. The van der Waals surface area contributed by atoms with E-state index in [1.54, 1.807) is 18.2 Å². The summed E-state index contributed by atoms with van der Waals surface area (Å²) in [6.07, 6.45) is 0.566. The van der Waals surface area contributed by atoms with E-state index >= 15 is 0 Å². The SMILES string of the molecule is Nc1ccc(N)c(CCO)c1.Oc1ccc(Cl)c(O)c1. The molecule has 0 aliphatic carbocycles. The van der Waals surface area contributed by atoms with E-state index in [1.165, 1.54) is 18.2 Å². The summed E-state index contributed by atoms with van der Waals surface area (Å²) in [7, 11) is 0. The molecule has 0 aliphatic heterocycles. The third-order valence-electron chi connectivity index (χ3n) is 2.48. The Balaban J connectivity index is 0.000000204. The van der Waals surface area contributed by atoms with Gasteiger partial charge in [-0.05, 0) is 42.3 Å². The molecule has 20 heavy (non-hydrogen) atoms. The molecule has 0 radical (unpaired) electrons. The van der Waals surface area contributed by atoms with E-state index in [0.29, 0.717) is 17.8 Å². The molecule has 2 aromatic rings. The predicted molar refractivity (Wildman–Crippen MR) is 80.8 cm³/mol. The van der Waals surface area contributed by atoms with Crippen LogP contribution in [-0.2, 0) is 6.42 Å². The Morgan fingerprint density at radius 3 is 2.25 bits per heavy atom. The lowest BCUT2D eigenvalue weighted by Gasteiger charge is -2.03. The van der Waals surface area contributed by atoms with Crippen molar-refractivity contribution >= 4 is 23.0 Å². The Kier molecular flexibility index (Phi) is 5.96. The second-order valence-electron chi connectivity index (χ2n) is 4.07. The van der Waals surface area contributed by atoms with Crippen molar-refractivity contribution in [2.24, 2.45) is 0 Å². The molecule has 2 rings (SSSR count). The van der Waals surface area contributed by atoms with Gasteiger partial charge in [0, 0.05) is 24.0 Å². The summed E-state index contributed by atoms with van der Waals surface area (Å²) in [5, 5.41) is 26.4. The minimum atomic E-state index is -0.100. The number of hydrogen-bond acceptors (Lipinski definition) is 5. The molecular formula is C14H17ClN2O3. The highest BCUT2D eigenvalue weighted by molar-refractivity contribution is 6.32. The molecule has 0 aromatic heterocycles. The summed E-state index contributed by atoms with van der Waals surface area (Å²) in [5.74, 6) is -0.0893. The van der Waals surface area contributed by atoms with Gasteiger partial charge in [-0.1, -0.05) is 11.6 Å². The maximum Gasteiger partial charge on any atom is 0.137 e. The minimum absolute atomic E-state index is 0.0110. The molecule has 108 valence electrons. The highest BCUT2D eigenvalue weighted by Gasteiger charge is 1.97. The van der Waals surface area contributed by atoms with Crippen LogP contribution in [0, 0.1) is 0 Å². The maximum absolute atomic E-state index is 8.81. The van der Waals surface area contributed by atoms with Crippen molar-refractivity contribution in [2.75, 3.05) is 18.1 Å². The Morgan fingerprint density at radius 2 is 1.70 bits per heavy atom. The van der Waals surface area contributed by atoms with Crippen molar-refractivity contribution in [1.29, 1.82) is 0 Å². The van der Waals surface area contributed by atoms with E-state index in [0.717, 1.165) is 5.56 Å². The quantitative estimate of drug-likeness (QED) is 0.545. The van der Waals surface area contributed by atoms with E-state index in [1.807, 2.05) is 0 Å². The fraction of sp³-hybridized carbons (Fsp3) is 0.143. The van der Waals surface area contributed by atoms with Gasteiger partial charge in [-0.3, -0.25) is 0 Å². The summed E-state index contributed by atoms with van der Waals surface area (Å²) in [6, 6.07) is 9.29. The molecule has 6 heteroatoms. The van der Waals surface area contributed by atoms with Crippen LogP contribution in [0.1, 0.15) is 5.56 Å². The topological polar surface area (TPSA) is 113 Å². The van der Waals surface area contributed by atoms with Crippen LogP contribution in [0.5, 0.6) is 11.5 Å². The van der Waals surface area contributed by atoms with Crippen LogP contribution < -0.4 is 11.5 Å². The maximum atomic E-state index is 8.81. The minimum Gasteiger partial charge on any atom is -0.508 e. The van der Waals surface area contributed by atoms with Gasteiger partial charge in [-0.15, -0.1) is 0 Å². The Bertz CT molecular complexity index is 576. The van der Waals surface area contributed by atoms with Gasteiger partial charge in [0.1, 0.15) is 11.5 Å². The fourth-order valence-corrected chi connectivity index (χ4v) is 1.58. The molecule has 0 saturated carbocycles. The molecule has 0 bridgehead atoms. The van der Waals surface area contributed by atoms with Crippen LogP contribution >= 0.6 is 11.6 Å². The second kappa shape index (κ2) is 7.47. The number of anilines is 2. The summed E-state index contributed by atoms with van der Waals surface area (Å²) in [6.45, 7) is 0.105. The number of aliphatic hydroxyl groups excluding tert-OH is 1. The number of aliphatic hydroxyl groups is 1. The zero-order chi connectivity index (χ0) is 15.1.